The Hall–Kier alpha value is -2.14. The molecule has 3 nitrogen and oxygen atoms in total. The van der Waals surface area contributed by atoms with Crippen LogP contribution in [-0.2, 0) is 0 Å². The van der Waals surface area contributed by atoms with Gasteiger partial charge >= 0.3 is 0 Å². The van der Waals surface area contributed by atoms with E-state index in [1.807, 2.05) is 24.3 Å². The van der Waals surface area contributed by atoms with Gasteiger partial charge in [0.25, 0.3) is 0 Å². The van der Waals surface area contributed by atoms with Crippen molar-refractivity contribution in [2.75, 3.05) is 17.7 Å². The third-order valence-corrected chi connectivity index (χ3v) is 3.08. The zero-order valence-corrected chi connectivity index (χ0v) is 12.1. The van der Waals surface area contributed by atoms with Crippen LogP contribution in [0.1, 0.15) is 5.56 Å². The molecule has 0 aliphatic carbocycles. The quantitative estimate of drug-likeness (QED) is 0.839. The van der Waals surface area contributed by atoms with E-state index in [-0.39, 0.29) is 5.82 Å². The van der Waals surface area contributed by atoms with Crippen LogP contribution in [0, 0.1) is 12.7 Å². The summed E-state index contributed by atoms with van der Waals surface area (Å²) in [6, 6.07) is 12.3. The number of benzene rings is 2. The molecule has 20 heavy (non-hydrogen) atoms. The van der Waals surface area contributed by atoms with Gasteiger partial charge in [0.15, 0.2) is 5.11 Å². The summed E-state index contributed by atoms with van der Waals surface area (Å²) in [5.41, 5.74) is 1.91. The number of nitrogens with one attached hydrogen (secondary N) is 2. The summed E-state index contributed by atoms with van der Waals surface area (Å²) in [5.74, 6) is 0.419. The first-order valence-corrected chi connectivity index (χ1v) is 6.49. The Bertz CT molecular complexity index is 631. The summed E-state index contributed by atoms with van der Waals surface area (Å²) in [6.45, 7) is 1.70. The lowest BCUT2D eigenvalue weighted by molar-refractivity contribution is 0.417. The SMILES string of the molecule is COc1ccccc1NC(=S)Nc1cccc(F)c1C. The number of ether oxygens (including phenoxy) is 1. The second-order valence-corrected chi connectivity index (χ2v) is 4.60. The van der Waals surface area contributed by atoms with Crippen LogP contribution in [0.2, 0.25) is 0 Å². The van der Waals surface area contributed by atoms with E-state index in [2.05, 4.69) is 10.6 Å². The topological polar surface area (TPSA) is 33.3 Å². The Kier molecular flexibility index (Phi) is 4.53. The number of methoxy groups -OCH3 is 1. The molecule has 0 radical (unpaired) electrons. The number of thiocarbonyl (C=S) groups is 1. The molecule has 104 valence electrons. The average molecular weight is 290 g/mol. The molecule has 0 amide bonds. The van der Waals surface area contributed by atoms with Gasteiger partial charge in [-0.15, -0.1) is 0 Å². The number of anilines is 2. The van der Waals surface area contributed by atoms with Gasteiger partial charge in [-0.25, -0.2) is 4.39 Å². The normalized spacial score (nSPS) is 9.95. The highest BCUT2D eigenvalue weighted by Crippen LogP contribution is 2.24. The van der Waals surface area contributed by atoms with E-state index < -0.39 is 0 Å². The summed E-state index contributed by atoms with van der Waals surface area (Å²) in [5, 5.41) is 6.38. The first kappa shape index (κ1) is 14.3. The minimum absolute atomic E-state index is 0.268. The molecule has 0 bridgehead atoms. The predicted molar refractivity (Wildman–Crippen MR) is 84.0 cm³/mol. The number of hydrogen-bond donors (Lipinski definition) is 2. The van der Waals surface area contributed by atoms with Crippen molar-refractivity contribution in [3.63, 3.8) is 0 Å². The van der Waals surface area contributed by atoms with Gasteiger partial charge < -0.3 is 15.4 Å². The van der Waals surface area contributed by atoms with Crippen molar-refractivity contribution in [2.45, 2.75) is 6.92 Å². The second-order valence-electron chi connectivity index (χ2n) is 4.19. The first-order chi connectivity index (χ1) is 9.61. The molecule has 2 aromatic carbocycles. The van der Waals surface area contributed by atoms with Crippen LogP contribution in [0.15, 0.2) is 42.5 Å². The molecule has 0 heterocycles. The number of halogens is 1. The lowest BCUT2D eigenvalue weighted by Gasteiger charge is -2.14. The molecular formula is C15H15FN2OS. The average Bonchev–Trinajstić information content (AvgIpc) is 2.44. The molecule has 0 unspecified atom stereocenters. The van der Waals surface area contributed by atoms with Crippen molar-refractivity contribution in [2.24, 2.45) is 0 Å². The highest BCUT2D eigenvalue weighted by atomic mass is 32.1. The minimum Gasteiger partial charge on any atom is -0.495 e. The Morgan fingerprint density at radius 2 is 1.70 bits per heavy atom. The maximum Gasteiger partial charge on any atom is 0.175 e. The van der Waals surface area contributed by atoms with Crippen LogP contribution >= 0.6 is 12.2 Å². The van der Waals surface area contributed by atoms with Crippen molar-refractivity contribution in [1.82, 2.24) is 0 Å². The summed E-state index contributed by atoms with van der Waals surface area (Å²) >= 11 is 5.23. The summed E-state index contributed by atoms with van der Waals surface area (Å²) in [6.07, 6.45) is 0. The van der Waals surface area contributed by atoms with Crippen LogP contribution in [0.4, 0.5) is 15.8 Å². The van der Waals surface area contributed by atoms with Crippen molar-refractivity contribution < 1.29 is 9.13 Å². The van der Waals surface area contributed by atoms with Crippen LogP contribution in [-0.4, -0.2) is 12.2 Å². The van der Waals surface area contributed by atoms with Crippen molar-refractivity contribution in [3.05, 3.63) is 53.8 Å². The van der Waals surface area contributed by atoms with E-state index in [1.54, 1.807) is 26.2 Å². The molecule has 2 N–H and O–H groups in total. The number of hydrogen-bond acceptors (Lipinski definition) is 2. The summed E-state index contributed by atoms with van der Waals surface area (Å²) < 4.78 is 18.7. The molecule has 0 aliphatic heterocycles. The van der Waals surface area contributed by atoms with Gasteiger partial charge in [-0.1, -0.05) is 18.2 Å². The number of rotatable bonds is 3. The van der Waals surface area contributed by atoms with Gasteiger partial charge in [-0.2, -0.15) is 0 Å². The lowest BCUT2D eigenvalue weighted by Crippen LogP contribution is -2.20. The molecule has 0 fully saturated rings. The maximum atomic E-state index is 13.5. The molecule has 2 aromatic rings. The van der Waals surface area contributed by atoms with Crippen LogP contribution in [0.5, 0.6) is 5.75 Å². The van der Waals surface area contributed by atoms with E-state index in [4.69, 9.17) is 17.0 Å². The van der Waals surface area contributed by atoms with E-state index in [1.165, 1.54) is 6.07 Å². The molecule has 0 saturated heterocycles. The van der Waals surface area contributed by atoms with E-state index in [0.29, 0.717) is 22.1 Å². The van der Waals surface area contributed by atoms with Crippen LogP contribution in [0.3, 0.4) is 0 Å². The maximum absolute atomic E-state index is 13.5. The largest absolute Gasteiger partial charge is 0.495 e. The Labute approximate surface area is 122 Å². The third kappa shape index (κ3) is 3.24. The molecular weight excluding hydrogens is 275 g/mol. The fourth-order valence-electron chi connectivity index (χ4n) is 1.77. The Morgan fingerprint density at radius 1 is 1.05 bits per heavy atom. The number of para-hydroxylation sites is 2. The molecule has 5 heteroatoms. The van der Waals surface area contributed by atoms with Gasteiger partial charge in [-0.05, 0) is 43.4 Å². The summed E-state index contributed by atoms with van der Waals surface area (Å²) in [4.78, 5) is 0. The molecule has 0 aromatic heterocycles. The second kappa shape index (κ2) is 6.34. The first-order valence-electron chi connectivity index (χ1n) is 6.08. The lowest BCUT2D eigenvalue weighted by atomic mass is 10.2. The zero-order valence-electron chi connectivity index (χ0n) is 11.2. The highest BCUT2D eigenvalue weighted by Gasteiger charge is 2.07. The molecule has 0 spiro atoms. The predicted octanol–water partition coefficient (Wildman–Crippen LogP) is 3.95. The smallest absolute Gasteiger partial charge is 0.175 e. The fraction of sp³-hybridized carbons (Fsp3) is 0.133. The summed E-state index contributed by atoms with van der Waals surface area (Å²) in [7, 11) is 1.59. The van der Waals surface area contributed by atoms with Gasteiger partial charge in [0.2, 0.25) is 0 Å². The molecule has 0 saturated carbocycles. The van der Waals surface area contributed by atoms with Crippen molar-refractivity contribution in [1.29, 1.82) is 0 Å². The standard InChI is InChI=1S/C15H15FN2OS/c1-10-11(16)6-5-8-12(10)17-15(20)18-13-7-3-4-9-14(13)19-2/h3-9H,1-2H3,(H2,17,18,20). The Balaban J connectivity index is 2.11. The van der Waals surface area contributed by atoms with E-state index in [9.17, 15) is 4.39 Å². The third-order valence-electron chi connectivity index (χ3n) is 2.87. The fourth-order valence-corrected chi connectivity index (χ4v) is 1.99. The highest BCUT2D eigenvalue weighted by molar-refractivity contribution is 7.80. The van der Waals surface area contributed by atoms with Crippen LogP contribution in [0.25, 0.3) is 0 Å². The van der Waals surface area contributed by atoms with Gasteiger partial charge in [0.1, 0.15) is 11.6 Å². The van der Waals surface area contributed by atoms with E-state index in [0.717, 1.165) is 5.69 Å². The van der Waals surface area contributed by atoms with Crippen molar-refractivity contribution in [3.8, 4) is 5.75 Å². The van der Waals surface area contributed by atoms with Crippen molar-refractivity contribution >= 4 is 28.7 Å². The van der Waals surface area contributed by atoms with Gasteiger partial charge in [-0.3, -0.25) is 0 Å². The Morgan fingerprint density at radius 3 is 2.45 bits per heavy atom. The van der Waals surface area contributed by atoms with Crippen LogP contribution < -0.4 is 15.4 Å². The van der Waals surface area contributed by atoms with Gasteiger partial charge in [0.05, 0.1) is 12.8 Å². The molecule has 2 rings (SSSR count). The zero-order chi connectivity index (χ0) is 14.5. The van der Waals surface area contributed by atoms with E-state index >= 15 is 0 Å². The molecule has 0 atom stereocenters. The monoisotopic (exact) mass is 290 g/mol. The minimum atomic E-state index is -0.268. The van der Waals surface area contributed by atoms with Gasteiger partial charge in [0, 0.05) is 11.3 Å². The molecule has 0 aliphatic rings.